The molecule has 4 rings (SSSR count). The van der Waals surface area contributed by atoms with Crippen LogP contribution in [0.3, 0.4) is 0 Å². The van der Waals surface area contributed by atoms with Gasteiger partial charge in [0, 0.05) is 24.7 Å². The average Bonchev–Trinajstić information content (AvgIpc) is 3.30. The molecule has 1 heterocycles. The molecule has 1 aliphatic rings. The number of halogens is 1. The number of carbonyl (C=O) groups excluding carboxylic acids is 2. The maximum absolute atomic E-state index is 12.8. The van der Waals surface area contributed by atoms with Gasteiger partial charge >= 0.3 is 0 Å². The highest BCUT2D eigenvalue weighted by molar-refractivity contribution is 6.32. The molecule has 37 heavy (non-hydrogen) atoms. The Morgan fingerprint density at radius 1 is 1.00 bits per heavy atom. The molecule has 1 saturated heterocycles. The number of hydrazine groups is 1. The summed E-state index contributed by atoms with van der Waals surface area (Å²) in [5.41, 5.74) is 7.84. The minimum absolute atomic E-state index is 0.106. The van der Waals surface area contributed by atoms with Gasteiger partial charge in [-0.2, -0.15) is 0 Å². The molecule has 0 spiro atoms. The smallest absolute Gasteiger partial charge is 0.243 e. The monoisotopic (exact) mass is 523 g/mol. The van der Waals surface area contributed by atoms with Crippen molar-refractivity contribution in [1.82, 2.24) is 5.43 Å². The Hall–Kier alpha value is -3.91. The van der Waals surface area contributed by atoms with Crippen molar-refractivity contribution in [2.45, 2.75) is 26.9 Å². The van der Waals surface area contributed by atoms with Crippen LogP contribution in [0.5, 0.6) is 17.2 Å². The van der Waals surface area contributed by atoms with Gasteiger partial charge < -0.3 is 19.1 Å². The molecule has 9 heteroatoms. The van der Waals surface area contributed by atoms with E-state index in [1.165, 1.54) is 0 Å². The van der Waals surface area contributed by atoms with E-state index in [4.69, 9.17) is 25.8 Å². The van der Waals surface area contributed by atoms with Crippen molar-refractivity contribution in [1.29, 1.82) is 0 Å². The SMILES string of the molecule is CCOc1ccc(N2C[C@H](C(=O)NNc3cc(Cl)c(OCc4ccccc4)c(OCC)c3)CC2=O)cc1. The van der Waals surface area contributed by atoms with Crippen molar-refractivity contribution in [3.05, 3.63) is 77.3 Å². The molecule has 3 aromatic carbocycles. The second-order valence-electron chi connectivity index (χ2n) is 8.44. The van der Waals surface area contributed by atoms with E-state index in [2.05, 4.69) is 10.9 Å². The molecule has 0 aliphatic carbocycles. The van der Waals surface area contributed by atoms with E-state index in [1.807, 2.05) is 68.4 Å². The van der Waals surface area contributed by atoms with Gasteiger partial charge in [-0.1, -0.05) is 41.9 Å². The largest absolute Gasteiger partial charge is 0.494 e. The third-order valence-corrected chi connectivity index (χ3v) is 6.10. The summed E-state index contributed by atoms with van der Waals surface area (Å²) in [6, 6.07) is 20.4. The van der Waals surface area contributed by atoms with Crippen molar-refractivity contribution in [3.63, 3.8) is 0 Å². The first-order valence-electron chi connectivity index (χ1n) is 12.2. The molecular formula is C28H30ClN3O5. The van der Waals surface area contributed by atoms with Gasteiger partial charge in [-0.3, -0.25) is 20.4 Å². The zero-order chi connectivity index (χ0) is 26.2. The molecule has 0 unspecified atom stereocenters. The normalized spacial score (nSPS) is 14.8. The fourth-order valence-electron chi connectivity index (χ4n) is 4.03. The van der Waals surface area contributed by atoms with Gasteiger partial charge in [0.2, 0.25) is 11.8 Å². The summed E-state index contributed by atoms with van der Waals surface area (Å²) in [5, 5.41) is 0.344. The molecule has 8 nitrogen and oxygen atoms in total. The fourth-order valence-corrected chi connectivity index (χ4v) is 4.30. The third kappa shape index (κ3) is 6.65. The first kappa shape index (κ1) is 26.2. The van der Waals surface area contributed by atoms with Crippen molar-refractivity contribution >= 4 is 34.8 Å². The van der Waals surface area contributed by atoms with E-state index in [-0.39, 0.29) is 24.8 Å². The molecule has 1 aliphatic heterocycles. The lowest BCUT2D eigenvalue weighted by atomic mass is 10.1. The van der Waals surface area contributed by atoms with Crippen LogP contribution in [0.2, 0.25) is 5.02 Å². The zero-order valence-electron chi connectivity index (χ0n) is 20.8. The lowest BCUT2D eigenvalue weighted by molar-refractivity contribution is -0.125. The molecule has 0 aromatic heterocycles. The van der Waals surface area contributed by atoms with E-state index in [0.29, 0.717) is 42.0 Å². The van der Waals surface area contributed by atoms with Gasteiger partial charge in [-0.15, -0.1) is 0 Å². The number of rotatable bonds is 11. The minimum atomic E-state index is -0.498. The summed E-state index contributed by atoms with van der Waals surface area (Å²) in [5.74, 6) is 0.725. The van der Waals surface area contributed by atoms with Crippen LogP contribution < -0.4 is 30.0 Å². The molecule has 1 atom stereocenters. The highest BCUT2D eigenvalue weighted by Gasteiger charge is 2.35. The Morgan fingerprint density at radius 2 is 1.73 bits per heavy atom. The molecule has 194 valence electrons. The minimum Gasteiger partial charge on any atom is -0.494 e. The number of nitrogens with one attached hydrogen (secondary N) is 2. The van der Waals surface area contributed by atoms with Crippen molar-refractivity contribution in [3.8, 4) is 17.2 Å². The van der Waals surface area contributed by atoms with Gasteiger partial charge in [0.1, 0.15) is 12.4 Å². The van der Waals surface area contributed by atoms with Gasteiger partial charge in [-0.05, 0) is 49.7 Å². The molecule has 0 saturated carbocycles. The third-order valence-electron chi connectivity index (χ3n) is 5.82. The summed E-state index contributed by atoms with van der Waals surface area (Å²) >= 11 is 6.50. The van der Waals surface area contributed by atoms with Crippen molar-refractivity contribution < 1.29 is 23.8 Å². The Bertz CT molecular complexity index is 1220. The predicted molar refractivity (Wildman–Crippen MR) is 143 cm³/mol. The number of carbonyl (C=O) groups is 2. The Labute approximate surface area is 221 Å². The number of amides is 2. The van der Waals surface area contributed by atoms with E-state index in [1.54, 1.807) is 17.0 Å². The summed E-state index contributed by atoms with van der Waals surface area (Å²) in [4.78, 5) is 27.0. The quantitative estimate of drug-likeness (QED) is 0.335. The summed E-state index contributed by atoms with van der Waals surface area (Å²) in [6.45, 7) is 5.39. The summed E-state index contributed by atoms with van der Waals surface area (Å²) in [6.07, 6.45) is 0.123. The highest BCUT2D eigenvalue weighted by Crippen LogP contribution is 2.39. The molecule has 0 radical (unpaired) electrons. The lowest BCUT2D eigenvalue weighted by Gasteiger charge is -2.18. The standard InChI is InChI=1S/C28H30ClN3O5/c1-3-35-23-12-10-22(11-13-23)32-17-20(14-26(32)33)28(34)31-30-21-15-24(29)27(25(16-21)36-4-2)37-18-19-8-6-5-7-9-19/h5-13,15-16,20,30H,3-4,14,17-18H2,1-2H3,(H,31,34)/t20-/m1/s1. The Balaban J connectivity index is 1.37. The fraction of sp³-hybridized carbons (Fsp3) is 0.286. The average molecular weight is 524 g/mol. The van der Waals surface area contributed by atoms with Crippen molar-refractivity contribution in [2.75, 3.05) is 30.1 Å². The predicted octanol–water partition coefficient (Wildman–Crippen LogP) is 5.21. The number of nitrogens with zero attached hydrogens (tertiary/aromatic N) is 1. The number of benzene rings is 3. The summed E-state index contributed by atoms with van der Waals surface area (Å²) < 4.78 is 17.1. The van der Waals surface area contributed by atoms with Crippen LogP contribution in [0.4, 0.5) is 11.4 Å². The van der Waals surface area contributed by atoms with Gasteiger partial charge in [0.25, 0.3) is 0 Å². The van der Waals surface area contributed by atoms with E-state index >= 15 is 0 Å². The number of hydrogen-bond donors (Lipinski definition) is 2. The molecule has 1 fully saturated rings. The molecule has 0 bridgehead atoms. The van der Waals surface area contributed by atoms with Gasteiger partial charge in [-0.25, -0.2) is 0 Å². The topological polar surface area (TPSA) is 89.1 Å². The van der Waals surface area contributed by atoms with Crippen LogP contribution in [0.25, 0.3) is 0 Å². The van der Waals surface area contributed by atoms with Crippen LogP contribution in [0, 0.1) is 5.92 Å². The Morgan fingerprint density at radius 3 is 2.43 bits per heavy atom. The maximum Gasteiger partial charge on any atom is 0.243 e. The zero-order valence-corrected chi connectivity index (χ0v) is 21.6. The lowest BCUT2D eigenvalue weighted by Crippen LogP contribution is -2.36. The second kappa shape index (κ2) is 12.4. The van der Waals surface area contributed by atoms with Crippen LogP contribution in [-0.2, 0) is 16.2 Å². The number of hydrogen-bond acceptors (Lipinski definition) is 6. The van der Waals surface area contributed by atoms with Crippen LogP contribution in [-0.4, -0.2) is 31.6 Å². The van der Waals surface area contributed by atoms with E-state index < -0.39 is 5.92 Å². The highest BCUT2D eigenvalue weighted by atomic mass is 35.5. The van der Waals surface area contributed by atoms with Crippen LogP contribution in [0.15, 0.2) is 66.7 Å². The van der Waals surface area contributed by atoms with Crippen LogP contribution in [0.1, 0.15) is 25.8 Å². The van der Waals surface area contributed by atoms with E-state index in [9.17, 15) is 9.59 Å². The molecular weight excluding hydrogens is 494 g/mol. The van der Waals surface area contributed by atoms with Gasteiger partial charge in [0.05, 0.1) is 29.8 Å². The Kier molecular flexibility index (Phi) is 8.74. The van der Waals surface area contributed by atoms with Crippen LogP contribution >= 0.6 is 11.6 Å². The van der Waals surface area contributed by atoms with Crippen molar-refractivity contribution in [2.24, 2.45) is 5.92 Å². The molecule has 2 N–H and O–H groups in total. The van der Waals surface area contributed by atoms with E-state index in [0.717, 1.165) is 17.0 Å². The first-order valence-corrected chi connectivity index (χ1v) is 12.6. The number of ether oxygens (including phenoxy) is 3. The maximum atomic E-state index is 12.8. The molecule has 3 aromatic rings. The number of anilines is 2. The van der Waals surface area contributed by atoms with Gasteiger partial charge in [0.15, 0.2) is 11.5 Å². The summed E-state index contributed by atoms with van der Waals surface area (Å²) in [7, 11) is 0. The first-order chi connectivity index (χ1) is 18.0. The second-order valence-corrected chi connectivity index (χ2v) is 8.85. The molecule has 2 amide bonds.